The number of fused-ring (bicyclic) bond motifs is 1. The van der Waals surface area contributed by atoms with Crippen molar-refractivity contribution in [3.8, 4) is 0 Å². The highest BCUT2D eigenvalue weighted by Crippen LogP contribution is 2.12. The van der Waals surface area contributed by atoms with Gasteiger partial charge in [-0.1, -0.05) is 18.2 Å². The Bertz CT molecular complexity index is 528. The lowest BCUT2D eigenvalue weighted by molar-refractivity contribution is 0.647. The largest absolute Gasteiger partial charge is 0.287 e. The number of hydrogen-bond donors (Lipinski definition) is 0. The Balaban J connectivity index is 2.96. The molecule has 2 rings (SSSR count). The molecule has 0 aliphatic heterocycles. The fraction of sp³-hybridized carbons (Fsp3) is 0.273. The first-order valence-corrected chi connectivity index (χ1v) is 4.70. The molecule has 0 bridgehead atoms. The molecule has 0 spiro atoms. The minimum Gasteiger partial charge on any atom is -0.287 e. The minimum atomic E-state index is -0.0136. The standard InChI is InChI=1S/C11H12N2O/c1-3-13-8(2)9-6-4-5-7-10(14)11(9)12-13/h4-7H,3H2,1-2H3. The van der Waals surface area contributed by atoms with E-state index in [1.54, 1.807) is 12.1 Å². The Morgan fingerprint density at radius 1 is 1.36 bits per heavy atom. The quantitative estimate of drug-likeness (QED) is 0.683. The van der Waals surface area contributed by atoms with E-state index in [0.717, 1.165) is 17.6 Å². The summed E-state index contributed by atoms with van der Waals surface area (Å²) in [6, 6.07) is 7.11. The Morgan fingerprint density at radius 3 is 2.79 bits per heavy atom. The molecule has 0 saturated carbocycles. The average Bonchev–Trinajstić information content (AvgIpc) is 2.38. The summed E-state index contributed by atoms with van der Waals surface area (Å²) in [6.07, 6.45) is 0. The zero-order valence-corrected chi connectivity index (χ0v) is 8.32. The fourth-order valence-electron chi connectivity index (χ4n) is 1.62. The molecule has 3 heteroatoms. The number of aryl methyl sites for hydroxylation is 2. The average molecular weight is 188 g/mol. The van der Waals surface area contributed by atoms with Crippen LogP contribution in [0.3, 0.4) is 0 Å². The van der Waals surface area contributed by atoms with Crippen LogP contribution in [0.2, 0.25) is 0 Å². The van der Waals surface area contributed by atoms with Crippen molar-refractivity contribution < 1.29 is 0 Å². The molecule has 1 aromatic heterocycles. The first kappa shape index (κ1) is 8.94. The maximum atomic E-state index is 11.6. The molecule has 14 heavy (non-hydrogen) atoms. The summed E-state index contributed by atoms with van der Waals surface area (Å²) < 4.78 is 1.85. The van der Waals surface area contributed by atoms with Gasteiger partial charge in [0.15, 0.2) is 0 Å². The lowest BCUT2D eigenvalue weighted by atomic mass is 10.3. The SMILES string of the molecule is CCn1nc2c(=O)ccccc2c1C. The van der Waals surface area contributed by atoms with Crippen LogP contribution in [0.25, 0.3) is 10.9 Å². The smallest absolute Gasteiger partial charge is 0.206 e. The summed E-state index contributed by atoms with van der Waals surface area (Å²) in [7, 11) is 0. The van der Waals surface area contributed by atoms with Crippen LogP contribution in [0.5, 0.6) is 0 Å². The molecule has 0 radical (unpaired) electrons. The molecule has 0 N–H and O–H groups in total. The van der Waals surface area contributed by atoms with Gasteiger partial charge in [-0.2, -0.15) is 5.10 Å². The van der Waals surface area contributed by atoms with Crippen molar-refractivity contribution in [1.82, 2.24) is 9.78 Å². The van der Waals surface area contributed by atoms with Crippen molar-refractivity contribution in [2.45, 2.75) is 20.4 Å². The van der Waals surface area contributed by atoms with Gasteiger partial charge in [0.25, 0.3) is 0 Å². The molecule has 0 aliphatic rings. The zero-order valence-electron chi connectivity index (χ0n) is 8.32. The van der Waals surface area contributed by atoms with Gasteiger partial charge in [0.1, 0.15) is 5.52 Å². The molecular weight excluding hydrogens is 176 g/mol. The summed E-state index contributed by atoms with van der Waals surface area (Å²) in [6.45, 7) is 4.80. The molecule has 0 aliphatic carbocycles. The van der Waals surface area contributed by atoms with E-state index in [0.29, 0.717) is 5.52 Å². The Morgan fingerprint density at radius 2 is 2.07 bits per heavy atom. The van der Waals surface area contributed by atoms with Crippen LogP contribution in [0.1, 0.15) is 12.6 Å². The van der Waals surface area contributed by atoms with Crippen molar-refractivity contribution in [1.29, 1.82) is 0 Å². The molecular formula is C11H12N2O. The summed E-state index contributed by atoms with van der Waals surface area (Å²) in [5.74, 6) is 0. The molecule has 0 atom stereocenters. The van der Waals surface area contributed by atoms with Gasteiger partial charge in [0.05, 0.1) is 0 Å². The molecule has 1 aromatic carbocycles. The van der Waals surface area contributed by atoms with Gasteiger partial charge in [0.2, 0.25) is 5.43 Å². The maximum Gasteiger partial charge on any atom is 0.206 e. The summed E-state index contributed by atoms with van der Waals surface area (Å²) in [5.41, 5.74) is 1.60. The van der Waals surface area contributed by atoms with E-state index in [4.69, 9.17) is 0 Å². The van der Waals surface area contributed by atoms with Gasteiger partial charge >= 0.3 is 0 Å². The predicted octanol–water partition coefficient (Wildman–Crippen LogP) is 1.72. The second kappa shape index (κ2) is 3.25. The normalized spacial score (nSPS) is 10.7. The van der Waals surface area contributed by atoms with E-state index in [9.17, 15) is 4.79 Å². The van der Waals surface area contributed by atoms with Crippen molar-refractivity contribution >= 4 is 10.9 Å². The Labute approximate surface area is 82.0 Å². The third-order valence-corrected chi connectivity index (χ3v) is 2.41. The highest BCUT2D eigenvalue weighted by Gasteiger charge is 2.06. The van der Waals surface area contributed by atoms with Crippen LogP contribution in [0.4, 0.5) is 0 Å². The predicted molar refractivity (Wildman–Crippen MR) is 56.4 cm³/mol. The lowest BCUT2D eigenvalue weighted by Gasteiger charge is -1.96. The van der Waals surface area contributed by atoms with Crippen molar-refractivity contribution in [2.75, 3.05) is 0 Å². The zero-order chi connectivity index (χ0) is 10.1. The summed E-state index contributed by atoms with van der Waals surface area (Å²) >= 11 is 0. The van der Waals surface area contributed by atoms with Crippen molar-refractivity contribution in [3.63, 3.8) is 0 Å². The van der Waals surface area contributed by atoms with E-state index < -0.39 is 0 Å². The Hall–Kier alpha value is -1.64. The third kappa shape index (κ3) is 1.21. The minimum absolute atomic E-state index is 0.0136. The van der Waals surface area contributed by atoms with Gasteiger partial charge in [-0.05, 0) is 19.9 Å². The highest BCUT2D eigenvalue weighted by molar-refractivity contribution is 5.80. The Kier molecular flexibility index (Phi) is 2.08. The van der Waals surface area contributed by atoms with Gasteiger partial charge in [-0.15, -0.1) is 0 Å². The first-order chi connectivity index (χ1) is 6.74. The number of hydrogen-bond acceptors (Lipinski definition) is 2. The van der Waals surface area contributed by atoms with Crippen LogP contribution in [-0.2, 0) is 6.54 Å². The van der Waals surface area contributed by atoms with E-state index in [-0.39, 0.29) is 5.43 Å². The van der Waals surface area contributed by atoms with Crippen molar-refractivity contribution in [2.24, 2.45) is 0 Å². The molecule has 1 heterocycles. The van der Waals surface area contributed by atoms with Crippen LogP contribution < -0.4 is 5.43 Å². The maximum absolute atomic E-state index is 11.6. The molecule has 0 unspecified atom stereocenters. The number of nitrogens with zero attached hydrogens (tertiary/aromatic N) is 2. The van der Waals surface area contributed by atoms with Crippen molar-refractivity contribution in [3.05, 3.63) is 40.2 Å². The lowest BCUT2D eigenvalue weighted by Crippen LogP contribution is -2.00. The fourth-order valence-corrected chi connectivity index (χ4v) is 1.62. The van der Waals surface area contributed by atoms with Gasteiger partial charge in [0, 0.05) is 17.6 Å². The summed E-state index contributed by atoms with van der Waals surface area (Å²) in [5, 5.41) is 5.22. The molecule has 2 aromatic rings. The van der Waals surface area contributed by atoms with Gasteiger partial charge < -0.3 is 0 Å². The van der Waals surface area contributed by atoms with Gasteiger partial charge in [-0.25, -0.2) is 0 Å². The van der Waals surface area contributed by atoms with Crippen LogP contribution in [0.15, 0.2) is 29.1 Å². The highest BCUT2D eigenvalue weighted by atomic mass is 16.1. The van der Waals surface area contributed by atoms with E-state index in [1.807, 2.05) is 30.7 Å². The monoisotopic (exact) mass is 188 g/mol. The molecule has 72 valence electrons. The summed E-state index contributed by atoms with van der Waals surface area (Å²) in [4.78, 5) is 11.6. The van der Waals surface area contributed by atoms with Crippen LogP contribution >= 0.6 is 0 Å². The van der Waals surface area contributed by atoms with E-state index in [1.165, 1.54) is 0 Å². The van der Waals surface area contributed by atoms with E-state index >= 15 is 0 Å². The number of aromatic nitrogens is 2. The van der Waals surface area contributed by atoms with Crippen LogP contribution in [-0.4, -0.2) is 9.78 Å². The van der Waals surface area contributed by atoms with E-state index in [2.05, 4.69) is 5.10 Å². The molecule has 0 saturated heterocycles. The topological polar surface area (TPSA) is 34.9 Å². The third-order valence-electron chi connectivity index (χ3n) is 2.41. The molecule has 0 fully saturated rings. The second-order valence-corrected chi connectivity index (χ2v) is 3.25. The second-order valence-electron chi connectivity index (χ2n) is 3.25. The van der Waals surface area contributed by atoms with Crippen LogP contribution in [0, 0.1) is 6.92 Å². The number of rotatable bonds is 1. The first-order valence-electron chi connectivity index (χ1n) is 4.70. The van der Waals surface area contributed by atoms with Gasteiger partial charge in [-0.3, -0.25) is 9.48 Å². The molecule has 0 amide bonds. The molecule has 3 nitrogen and oxygen atoms in total.